The van der Waals surface area contributed by atoms with Crippen LogP contribution in [0.15, 0.2) is 72.8 Å². The topological polar surface area (TPSA) is 48.4 Å². The van der Waals surface area contributed by atoms with Gasteiger partial charge in [0, 0.05) is 11.1 Å². The normalized spacial score (nSPS) is 12.9. The zero-order valence-corrected chi connectivity index (χ0v) is 15.1. The molecule has 0 saturated heterocycles. The van der Waals surface area contributed by atoms with Gasteiger partial charge < -0.3 is 9.47 Å². The van der Waals surface area contributed by atoms with E-state index in [2.05, 4.69) is 4.98 Å². The Morgan fingerprint density at radius 1 is 0.926 bits per heavy atom. The monoisotopic (exact) mass is 373 g/mol. The number of ether oxygens (including phenoxy) is 2. The van der Waals surface area contributed by atoms with Crippen molar-refractivity contribution in [3.63, 3.8) is 0 Å². The van der Waals surface area contributed by atoms with Crippen molar-refractivity contribution in [2.75, 3.05) is 0 Å². The van der Waals surface area contributed by atoms with Crippen LogP contribution < -0.4 is 4.74 Å². The molecule has 0 fully saturated rings. The highest BCUT2D eigenvalue weighted by molar-refractivity contribution is 7.18. The third-order valence-corrected chi connectivity index (χ3v) is 5.60. The Bertz CT molecular complexity index is 1070. The molecule has 0 unspecified atom stereocenters. The fraction of sp³-hybridized carbons (Fsp3) is 0.0909. The average molecular weight is 373 g/mol. The lowest BCUT2D eigenvalue weighted by Gasteiger charge is -2.26. The Balaban J connectivity index is 1.44. The molecule has 132 valence electrons. The highest BCUT2D eigenvalue weighted by atomic mass is 32.1. The minimum absolute atomic E-state index is 0.167. The molecule has 27 heavy (non-hydrogen) atoms. The molecule has 0 amide bonds. The second-order valence-corrected chi connectivity index (χ2v) is 7.41. The highest BCUT2D eigenvalue weighted by Gasteiger charge is 2.33. The summed E-state index contributed by atoms with van der Waals surface area (Å²) in [6.45, 7) is 0.167. The Morgan fingerprint density at radius 2 is 1.56 bits per heavy atom. The number of fused-ring (bicyclic) bond motifs is 3. The Labute approximate surface area is 160 Å². The number of hydrogen-bond donors (Lipinski definition) is 0. The van der Waals surface area contributed by atoms with Gasteiger partial charge in [-0.3, -0.25) is 4.79 Å². The summed E-state index contributed by atoms with van der Waals surface area (Å²) in [7, 11) is 0. The molecule has 0 N–H and O–H groups in total. The van der Waals surface area contributed by atoms with Crippen molar-refractivity contribution in [1.29, 1.82) is 0 Å². The molecule has 2 heterocycles. The lowest BCUT2D eigenvalue weighted by molar-refractivity contribution is -0.145. The van der Waals surface area contributed by atoms with E-state index in [1.54, 1.807) is 11.3 Å². The number of hydrogen-bond acceptors (Lipinski definition) is 5. The van der Waals surface area contributed by atoms with Crippen molar-refractivity contribution in [1.82, 2.24) is 4.98 Å². The zero-order chi connectivity index (χ0) is 18.2. The summed E-state index contributed by atoms with van der Waals surface area (Å²) in [5.41, 5.74) is 2.58. The first kappa shape index (κ1) is 16.0. The maximum atomic E-state index is 13.0. The summed E-state index contributed by atoms with van der Waals surface area (Å²) in [5.74, 6) is 0.592. The van der Waals surface area contributed by atoms with Crippen LogP contribution in [0.3, 0.4) is 0 Å². The fourth-order valence-corrected chi connectivity index (χ4v) is 4.24. The molecule has 0 saturated carbocycles. The van der Waals surface area contributed by atoms with Gasteiger partial charge >= 0.3 is 5.97 Å². The molecule has 0 radical (unpaired) electrons. The second-order valence-electron chi connectivity index (χ2n) is 6.29. The van der Waals surface area contributed by atoms with E-state index in [1.807, 2.05) is 72.8 Å². The zero-order valence-electron chi connectivity index (χ0n) is 14.3. The van der Waals surface area contributed by atoms with E-state index in [-0.39, 0.29) is 12.6 Å². The van der Waals surface area contributed by atoms with E-state index in [1.165, 1.54) is 0 Å². The fourth-order valence-electron chi connectivity index (χ4n) is 3.36. The maximum Gasteiger partial charge on any atom is 0.318 e. The summed E-state index contributed by atoms with van der Waals surface area (Å²) >= 11 is 1.54. The quantitative estimate of drug-likeness (QED) is 0.459. The van der Waals surface area contributed by atoms with Gasteiger partial charge in [-0.15, -0.1) is 11.3 Å². The van der Waals surface area contributed by atoms with E-state index in [4.69, 9.17) is 9.47 Å². The number of aromatic nitrogens is 1. The summed E-state index contributed by atoms with van der Waals surface area (Å²) in [4.78, 5) is 17.5. The van der Waals surface area contributed by atoms with E-state index < -0.39 is 5.92 Å². The molecule has 3 aromatic carbocycles. The molecule has 1 aromatic heterocycles. The van der Waals surface area contributed by atoms with Crippen LogP contribution in [-0.4, -0.2) is 11.0 Å². The molecule has 1 aliphatic heterocycles. The van der Waals surface area contributed by atoms with Gasteiger partial charge in [0.15, 0.2) is 0 Å². The van der Waals surface area contributed by atoms with Crippen molar-refractivity contribution in [2.24, 2.45) is 0 Å². The predicted octanol–water partition coefficient (Wildman–Crippen LogP) is 5.28. The largest absolute Gasteiger partial charge is 0.458 e. The third kappa shape index (κ3) is 2.86. The molecule has 5 heteroatoms. The van der Waals surface area contributed by atoms with Crippen LogP contribution in [-0.2, 0) is 16.1 Å². The molecular weight excluding hydrogens is 358 g/mol. The number of carbonyl (C=O) groups is 1. The minimum atomic E-state index is -0.500. The number of nitrogens with zero attached hydrogens (tertiary/aromatic N) is 1. The van der Waals surface area contributed by atoms with E-state index >= 15 is 0 Å². The molecule has 5 rings (SSSR count). The van der Waals surface area contributed by atoms with Crippen molar-refractivity contribution in [2.45, 2.75) is 12.5 Å². The molecule has 4 nitrogen and oxygen atoms in total. The highest BCUT2D eigenvalue weighted by Crippen LogP contribution is 2.44. The maximum absolute atomic E-state index is 13.0. The standard InChI is InChI=1S/C22H15NO3S/c24-22(25-13-20-23-16-9-3-6-12-19(16)27-20)21-14-7-1-4-10-17(14)26-18-11-5-2-8-15(18)21/h1-12,21H,13H2. The van der Waals surface area contributed by atoms with Crippen molar-refractivity contribution in [3.05, 3.63) is 88.9 Å². The third-order valence-electron chi connectivity index (χ3n) is 4.59. The van der Waals surface area contributed by atoms with Crippen LogP contribution in [0, 0.1) is 0 Å². The van der Waals surface area contributed by atoms with Crippen LogP contribution in [0.1, 0.15) is 22.1 Å². The summed E-state index contributed by atoms with van der Waals surface area (Å²) in [5, 5.41) is 0.790. The lowest BCUT2D eigenvalue weighted by Crippen LogP contribution is -2.21. The van der Waals surface area contributed by atoms with Gasteiger partial charge in [-0.05, 0) is 24.3 Å². The van der Waals surface area contributed by atoms with Gasteiger partial charge in [-0.1, -0.05) is 48.5 Å². The van der Waals surface area contributed by atoms with Crippen molar-refractivity contribution in [3.8, 4) is 11.5 Å². The number of rotatable bonds is 3. The van der Waals surface area contributed by atoms with Gasteiger partial charge in [0.05, 0.1) is 10.2 Å². The van der Waals surface area contributed by atoms with Gasteiger partial charge in [0.25, 0.3) is 0 Å². The SMILES string of the molecule is O=C(OCc1nc2ccccc2s1)C1c2ccccc2Oc2ccccc21. The number of thiazole rings is 1. The van der Waals surface area contributed by atoms with Crippen molar-refractivity contribution >= 4 is 27.5 Å². The molecule has 0 atom stereocenters. The van der Waals surface area contributed by atoms with Crippen LogP contribution >= 0.6 is 11.3 Å². The van der Waals surface area contributed by atoms with E-state index in [0.29, 0.717) is 11.5 Å². The summed E-state index contributed by atoms with van der Waals surface area (Å²) in [6.07, 6.45) is 0. The van der Waals surface area contributed by atoms with Crippen LogP contribution in [0.25, 0.3) is 10.2 Å². The van der Waals surface area contributed by atoms with Crippen LogP contribution in [0.4, 0.5) is 0 Å². The number of benzene rings is 3. The molecule has 4 aromatic rings. The molecule has 0 spiro atoms. The first-order chi connectivity index (χ1) is 13.3. The van der Waals surface area contributed by atoms with Gasteiger partial charge in [0.1, 0.15) is 29.0 Å². The number of para-hydroxylation sites is 3. The smallest absolute Gasteiger partial charge is 0.318 e. The minimum Gasteiger partial charge on any atom is -0.458 e. The van der Waals surface area contributed by atoms with Gasteiger partial charge in [-0.25, -0.2) is 4.98 Å². The van der Waals surface area contributed by atoms with E-state index in [9.17, 15) is 4.79 Å². The number of esters is 1. The Morgan fingerprint density at radius 3 is 2.26 bits per heavy atom. The second kappa shape index (κ2) is 6.52. The van der Waals surface area contributed by atoms with Gasteiger partial charge in [-0.2, -0.15) is 0 Å². The summed E-state index contributed by atoms with van der Waals surface area (Å²) < 4.78 is 12.7. The number of carbonyl (C=O) groups excluding carboxylic acids is 1. The average Bonchev–Trinajstić information content (AvgIpc) is 3.13. The lowest BCUT2D eigenvalue weighted by atomic mass is 9.88. The summed E-state index contributed by atoms with van der Waals surface area (Å²) in [6, 6.07) is 23.1. The van der Waals surface area contributed by atoms with Crippen molar-refractivity contribution < 1.29 is 14.3 Å². The molecule has 0 aliphatic carbocycles. The molecule has 1 aliphatic rings. The first-order valence-electron chi connectivity index (χ1n) is 8.66. The Hall–Kier alpha value is -3.18. The Kier molecular flexibility index (Phi) is 3.87. The predicted molar refractivity (Wildman–Crippen MR) is 104 cm³/mol. The van der Waals surface area contributed by atoms with Crippen LogP contribution in [0.5, 0.6) is 11.5 Å². The first-order valence-corrected chi connectivity index (χ1v) is 9.48. The molecule has 0 bridgehead atoms. The van der Waals surface area contributed by atoms with Crippen LogP contribution in [0.2, 0.25) is 0 Å². The molecular formula is C22H15NO3S. The van der Waals surface area contributed by atoms with Gasteiger partial charge in [0.2, 0.25) is 0 Å². The van der Waals surface area contributed by atoms with E-state index in [0.717, 1.165) is 26.4 Å².